The van der Waals surface area contributed by atoms with Crippen LogP contribution in [-0.4, -0.2) is 23.5 Å². The van der Waals surface area contributed by atoms with Crippen LogP contribution in [0.15, 0.2) is 42.1 Å². The van der Waals surface area contributed by atoms with E-state index in [0.29, 0.717) is 18.5 Å². The summed E-state index contributed by atoms with van der Waals surface area (Å²) in [6.07, 6.45) is -3.11. The smallest absolute Gasteiger partial charge is 0.315 e. The molecule has 1 heterocycles. The van der Waals surface area contributed by atoms with Crippen molar-refractivity contribution in [2.24, 2.45) is 0 Å². The van der Waals surface area contributed by atoms with Crippen LogP contribution < -0.4 is 0 Å². The van der Waals surface area contributed by atoms with E-state index < -0.39 is 17.7 Å². The zero-order chi connectivity index (χ0) is 13.2. The molecule has 2 nitrogen and oxygen atoms in total. The van der Waals surface area contributed by atoms with Gasteiger partial charge in [-0.05, 0) is 25.0 Å². The largest absolute Gasteiger partial charge is 0.414 e. The number of hydrogen-bond acceptors (Lipinski definition) is 1. The highest BCUT2D eigenvalue weighted by Gasteiger charge is 2.36. The lowest BCUT2D eigenvalue weighted by molar-refractivity contribution is -0.0961. The van der Waals surface area contributed by atoms with Crippen molar-refractivity contribution in [2.75, 3.05) is 6.54 Å². The fourth-order valence-electron chi connectivity index (χ4n) is 1.88. The lowest BCUT2D eigenvalue weighted by Crippen LogP contribution is -2.32. The Labute approximate surface area is 103 Å². The summed E-state index contributed by atoms with van der Waals surface area (Å²) < 4.78 is 37.7. The molecule has 0 unspecified atom stereocenters. The molecular formula is C13H12F3NO. The topological polar surface area (TPSA) is 20.3 Å². The fourth-order valence-corrected chi connectivity index (χ4v) is 1.88. The van der Waals surface area contributed by atoms with Crippen LogP contribution in [0.25, 0.3) is 0 Å². The highest BCUT2D eigenvalue weighted by molar-refractivity contribution is 5.94. The minimum atomic E-state index is -4.35. The number of alkyl halides is 3. The van der Waals surface area contributed by atoms with E-state index in [0.717, 1.165) is 11.1 Å². The van der Waals surface area contributed by atoms with Crippen molar-refractivity contribution in [1.82, 2.24) is 4.90 Å². The average Bonchev–Trinajstić information content (AvgIpc) is 2.38. The molecule has 0 spiro atoms. The molecule has 96 valence electrons. The third-order valence-electron chi connectivity index (χ3n) is 2.80. The first-order valence-corrected chi connectivity index (χ1v) is 5.62. The molecule has 2 rings (SSSR count). The molecule has 1 aromatic carbocycles. The van der Waals surface area contributed by atoms with Gasteiger partial charge in [0.15, 0.2) is 0 Å². The maximum Gasteiger partial charge on any atom is 0.414 e. The second kappa shape index (κ2) is 4.84. The molecule has 1 aliphatic rings. The predicted octanol–water partition coefficient (Wildman–Crippen LogP) is 3.37. The summed E-state index contributed by atoms with van der Waals surface area (Å²) in [7, 11) is 0. The van der Waals surface area contributed by atoms with Gasteiger partial charge >= 0.3 is 6.18 Å². The Kier molecular flexibility index (Phi) is 3.41. The first-order chi connectivity index (χ1) is 8.48. The van der Waals surface area contributed by atoms with Crippen LogP contribution in [0, 0.1) is 0 Å². The summed E-state index contributed by atoms with van der Waals surface area (Å²) in [6.45, 7) is 0.327. The van der Waals surface area contributed by atoms with E-state index in [4.69, 9.17) is 0 Å². The van der Waals surface area contributed by atoms with E-state index >= 15 is 0 Å². The molecule has 1 amide bonds. The van der Waals surface area contributed by atoms with Crippen molar-refractivity contribution >= 4 is 5.91 Å². The van der Waals surface area contributed by atoms with E-state index in [1.54, 1.807) is 30.3 Å². The van der Waals surface area contributed by atoms with Gasteiger partial charge in [-0.3, -0.25) is 4.79 Å². The van der Waals surface area contributed by atoms with Crippen LogP contribution in [-0.2, 0) is 0 Å². The standard InChI is InChI=1S/C13H12F3NO/c14-13(15,16)11-7-4-8-17(9-11)12(18)10-5-2-1-3-6-10/h1-3,5-6,9H,4,7-8H2. The minimum absolute atomic E-state index is 0.0257. The summed E-state index contributed by atoms with van der Waals surface area (Å²) in [5.74, 6) is -0.392. The summed E-state index contributed by atoms with van der Waals surface area (Å²) in [6, 6.07) is 8.32. The molecule has 0 N–H and O–H groups in total. The number of benzene rings is 1. The van der Waals surface area contributed by atoms with Gasteiger partial charge in [0.25, 0.3) is 5.91 Å². The number of halogens is 3. The van der Waals surface area contributed by atoms with Gasteiger partial charge in [-0.1, -0.05) is 18.2 Å². The van der Waals surface area contributed by atoms with E-state index in [1.807, 2.05) is 0 Å². The van der Waals surface area contributed by atoms with Crippen molar-refractivity contribution < 1.29 is 18.0 Å². The van der Waals surface area contributed by atoms with Gasteiger partial charge in [-0.2, -0.15) is 13.2 Å². The van der Waals surface area contributed by atoms with Crippen molar-refractivity contribution in [2.45, 2.75) is 19.0 Å². The molecule has 0 saturated carbocycles. The van der Waals surface area contributed by atoms with Crippen molar-refractivity contribution in [1.29, 1.82) is 0 Å². The molecule has 0 bridgehead atoms. The number of rotatable bonds is 1. The molecule has 5 heteroatoms. The van der Waals surface area contributed by atoms with Crippen LogP contribution >= 0.6 is 0 Å². The highest BCUT2D eigenvalue weighted by atomic mass is 19.4. The van der Waals surface area contributed by atoms with Gasteiger partial charge in [0, 0.05) is 23.9 Å². The Hall–Kier alpha value is -1.78. The number of nitrogens with zero attached hydrogens (tertiary/aromatic N) is 1. The molecule has 0 radical (unpaired) electrons. The molecule has 1 aliphatic heterocycles. The zero-order valence-electron chi connectivity index (χ0n) is 9.57. The van der Waals surface area contributed by atoms with E-state index in [1.165, 1.54) is 0 Å². The Morgan fingerprint density at radius 2 is 1.83 bits per heavy atom. The van der Waals surface area contributed by atoms with Crippen LogP contribution in [0.5, 0.6) is 0 Å². The second-order valence-corrected chi connectivity index (χ2v) is 4.12. The van der Waals surface area contributed by atoms with Gasteiger partial charge in [-0.15, -0.1) is 0 Å². The first-order valence-electron chi connectivity index (χ1n) is 5.62. The Morgan fingerprint density at radius 3 is 2.44 bits per heavy atom. The molecule has 1 aromatic rings. The lowest BCUT2D eigenvalue weighted by atomic mass is 10.1. The van der Waals surface area contributed by atoms with Gasteiger partial charge < -0.3 is 4.90 Å². The van der Waals surface area contributed by atoms with Gasteiger partial charge in [0.2, 0.25) is 0 Å². The molecule has 0 aliphatic carbocycles. The van der Waals surface area contributed by atoms with Crippen LogP contribution in [0.2, 0.25) is 0 Å². The summed E-state index contributed by atoms with van der Waals surface area (Å²) in [5, 5.41) is 0. The third kappa shape index (κ3) is 2.72. The predicted molar refractivity (Wildman–Crippen MR) is 60.9 cm³/mol. The molecule has 0 atom stereocenters. The van der Waals surface area contributed by atoms with Gasteiger partial charge in [-0.25, -0.2) is 0 Å². The lowest BCUT2D eigenvalue weighted by Gasteiger charge is -2.26. The summed E-state index contributed by atoms with van der Waals surface area (Å²) in [5.41, 5.74) is -0.241. The molecule has 0 aromatic heterocycles. The Morgan fingerprint density at radius 1 is 1.17 bits per heavy atom. The van der Waals surface area contributed by atoms with Gasteiger partial charge in [0.05, 0.1) is 0 Å². The number of allylic oxidation sites excluding steroid dienone is 1. The van der Waals surface area contributed by atoms with E-state index in [-0.39, 0.29) is 6.42 Å². The molecular weight excluding hydrogens is 243 g/mol. The quantitative estimate of drug-likeness (QED) is 0.753. The van der Waals surface area contributed by atoms with Crippen molar-refractivity contribution in [3.63, 3.8) is 0 Å². The third-order valence-corrected chi connectivity index (χ3v) is 2.80. The molecule has 0 saturated heterocycles. The summed E-state index contributed by atoms with van der Waals surface area (Å²) in [4.78, 5) is 13.1. The van der Waals surface area contributed by atoms with Crippen LogP contribution in [0.4, 0.5) is 13.2 Å². The SMILES string of the molecule is O=C(c1ccccc1)N1C=C(C(F)(F)F)CCC1. The maximum atomic E-state index is 12.6. The van der Waals surface area contributed by atoms with Crippen LogP contribution in [0.1, 0.15) is 23.2 Å². The van der Waals surface area contributed by atoms with Crippen molar-refractivity contribution in [3.05, 3.63) is 47.7 Å². The Balaban J connectivity index is 2.22. The number of carbonyl (C=O) groups excluding carboxylic acids is 1. The number of hydrogen-bond donors (Lipinski definition) is 0. The molecule has 18 heavy (non-hydrogen) atoms. The number of carbonyl (C=O) groups is 1. The summed E-state index contributed by atoms with van der Waals surface area (Å²) >= 11 is 0. The monoisotopic (exact) mass is 255 g/mol. The first kappa shape index (κ1) is 12.7. The minimum Gasteiger partial charge on any atom is -0.315 e. The second-order valence-electron chi connectivity index (χ2n) is 4.12. The maximum absolute atomic E-state index is 12.6. The fraction of sp³-hybridized carbons (Fsp3) is 0.308. The van der Waals surface area contributed by atoms with E-state index in [9.17, 15) is 18.0 Å². The van der Waals surface area contributed by atoms with E-state index in [2.05, 4.69) is 0 Å². The van der Waals surface area contributed by atoms with Crippen LogP contribution in [0.3, 0.4) is 0 Å². The number of amides is 1. The Bertz CT molecular complexity index is 465. The molecule has 0 fully saturated rings. The average molecular weight is 255 g/mol. The highest BCUT2D eigenvalue weighted by Crippen LogP contribution is 2.32. The zero-order valence-corrected chi connectivity index (χ0v) is 9.57. The normalized spacial score (nSPS) is 16.4. The van der Waals surface area contributed by atoms with Gasteiger partial charge in [0.1, 0.15) is 0 Å². The van der Waals surface area contributed by atoms with Crippen molar-refractivity contribution in [3.8, 4) is 0 Å².